The number of alkyl halides is 6. The van der Waals surface area contributed by atoms with Crippen LogP contribution in [0.4, 0.5) is 38.0 Å². The summed E-state index contributed by atoms with van der Waals surface area (Å²) in [5.74, 6) is -1.11. The first-order valence-corrected chi connectivity index (χ1v) is 13.3. The summed E-state index contributed by atoms with van der Waals surface area (Å²) in [7, 11) is -5.40. The summed E-state index contributed by atoms with van der Waals surface area (Å²) in [6.45, 7) is 0. The van der Waals surface area contributed by atoms with Gasteiger partial charge in [-0.1, -0.05) is 30.3 Å². The quantitative estimate of drug-likeness (QED) is 0.0821. The Morgan fingerprint density at radius 1 is 1.00 bits per heavy atom. The fourth-order valence-corrected chi connectivity index (χ4v) is 4.69. The molecule has 19 heteroatoms. The molecule has 4 rings (SSSR count). The van der Waals surface area contributed by atoms with Crippen LogP contribution in [-0.2, 0) is 22.5 Å². The summed E-state index contributed by atoms with van der Waals surface area (Å²) in [6, 6.07) is 11.6. The van der Waals surface area contributed by atoms with E-state index in [-0.39, 0.29) is 35.4 Å². The van der Waals surface area contributed by atoms with Crippen LogP contribution in [0.1, 0.15) is 22.3 Å². The van der Waals surface area contributed by atoms with Crippen molar-refractivity contribution < 1.29 is 43.9 Å². The summed E-state index contributed by atoms with van der Waals surface area (Å²) >= 11 is 0. The molecule has 0 fully saturated rings. The van der Waals surface area contributed by atoms with Crippen molar-refractivity contribution in [1.82, 2.24) is 9.97 Å². The normalized spacial score (nSPS) is 12.1. The van der Waals surface area contributed by atoms with Crippen LogP contribution in [0.25, 0.3) is 11.3 Å². The van der Waals surface area contributed by atoms with Crippen molar-refractivity contribution in [2.45, 2.75) is 17.2 Å². The highest BCUT2D eigenvalue weighted by Gasteiger charge is 2.38. The van der Waals surface area contributed by atoms with Gasteiger partial charge in [-0.25, -0.2) is 10.4 Å². The minimum absolute atomic E-state index is 0.0377. The summed E-state index contributed by atoms with van der Waals surface area (Å²) < 4.78 is 110. The molecular formula is C26H14F6N6O6S. The van der Waals surface area contributed by atoms with Crippen LogP contribution in [0.5, 0.6) is 5.75 Å². The minimum Gasteiger partial charge on any atom is -0.378 e. The Balaban J connectivity index is 1.72. The number of aromatic amines is 1. The number of hydrogen-bond acceptors (Lipinski definition) is 10. The highest BCUT2D eigenvalue weighted by Crippen LogP contribution is 2.38. The lowest BCUT2D eigenvalue weighted by Crippen LogP contribution is -2.17. The molecule has 0 radical (unpaired) electrons. The van der Waals surface area contributed by atoms with E-state index in [0.717, 1.165) is 24.4 Å². The molecule has 0 aliphatic heterocycles. The maximum Gasteiger partial charge on any atom is 0.416 e. The van der Waals surface area contributed by atoms with Gasteiger partial charge in [0.1, 0.15) is 16.5 Å². The number of aromatic nitrogens is 2. The number of nitrogens with zero attached hydrogens (tertiary/aromatic N) is 4. The number of nitro benzene ring substituents is 1. The zero-order valence-electron chi connectivity index (χ0n) is 21.8. The monoisotopic (exact) mass is 652 g/mol. The van der Waals surface area contributed by atoms with Crippen molar-refractivity contribution in [1.29, 1.82) is 5.26 Å². The first-order chi connectivity index (χ1) is 21.0. The van der Waals surface area contributed by atoms with Crippen LogP contribution in [0.15, 0.2) is 81.5 Å². The second-order valence-electron chi connectivity index (χ2n) is 8.74. The first-order valence-electron chi connectivity index (χ1n) is 11.9. The van der Waals surface area contributed by atoms with Gasteiger partial charge in [0, 0.05) is 23.3 Å². The van der Waals surface area contributed by atoms with E-state index in [1.807, 2.05) is 0 Å². The Kier molecular flexibility index (Phi) is 8.63. The van der Waals surface area contributed by atoms with Gasteiger partial charge in [-0.2, -0.15) is 45.1 Å². The molecule has 232 valence electrons. The van der Waals surface area contributed by atoms with E-state index in [9.17, 15) is 54.9 Å². The number of nitrogens with one attached hydrogen (secondary N) is 2. The topological polar surface area (TPSA) is 180 Å². The van der Waals surface area contributed by atoms with E-state index >= 15 is 0 Å². The molecular weight excluding hydrogens is 638 g/mol. The molecule has 0 atom stereocenters. The fraction of sp³-hybridized carbons (Fsp3) is 0.0769. The summed E-state index contributed by atoms with van der Waals surface area (Å²) in [5, 5.41) is 24.4. The largest absolute Gasteiger partial charge is 0.416 e. The number of hydrazone groups is 1. The number of rotatable bonds is 8. The van der Waals surface area contributed by atoms with Gasteiger partial charge in [0.05, 0.1) is 28.0 Å². The van der Waals surface area contributed by atoms with Gasteiger partial charge in [0.2, 0.25) is 5.95 Å². The van der Waals surface area contributed by atoms with E-state index in [1.165, 1.54) is 0 Å². The van der Waals surface area contributed by atoms with Gasteiger partial charge in [-0.05, 0) is 24.3 Å². The predicted molar refractivity (Wildman–Crippen MR) is 144 cm³/mol. The SMILES string of the molecule is N#Cc1c(-c2ccccc2)nc(NN=Cc2cc([N+](=O)[O-])ccc2OS(=O)(=O)c2cc(C(F)(F)F)cc(C(F)(F)F)c2)[nH]c1=O. The molecule has 2 N–H and O–H groups in total. The van der Waals surface area contributed by atoms with Crippen molar-refractivity contribution in [2.24, 2.45) is 5.10 Å². The maximum atomic E-state index is 13.3. The van der Waals surface area contributed by atoms with Gasteiger partial charge < -0.3 is 4.18 Å². The number of nitriles is 1. The van der Waals surface area contributed by atoms with Gasteiger partial charge in [0.25, 0.3) is 11.2 Å². The van der Waals surface area contributed by atoms with Crippen LogP contribution in [-0.4, -0.2) is 29.5 Å². The molecule has 0 bridgehead atoms. The summed E-state index contributed by atoms with van der Waals surface area (Å²) in [4.78, 5) is 27.7. The van der Waals surface area contributed by atoms with Crippen LogP contribution in [0, 0.1) is 21.4 Å². The van der Waals surface area contributed by atoms with Gasteiger partial charge in [0.15, 0.2) is 5.75 Å². The molecule has 0 spiro atoms. The van der Waals surface area contributed by atoms with Crippen molar-refractivity contribution in [3.8, 4) is 23.1 Å². The van der Waals surface area contributed by atoms with Crippen molar-refractivity contribution in [2.75, 3.05) is 5.43 Å². The lowest BCUT2D eigenvalue weighted by molar-refractivity contribution is -0.384. The predicted octanol–water partition coefficient (Wildman–Crippen LogP) is 5.47. The lowest BCUT2D eigenvalue weighted by atomic mass is 10.1. The van der Waals surface area contributed by atoms with Gasteiger partial charge in [-0.15, -0.1) is 0 Å². The zero-order chi connectivity index (χ0) is 33.2. The molecule has 0 unspecified atom stereocenters. The average Bonchev–Trinajstić information content (AvgIpc) is 2.96. The Morgan fingerprint density at radius 2 is 1.62 bits per heavy atom. The van der Waals surface area contributed by atoms with E-state index < -0.39 is 66.0 Å². The average molecular weight is 652 g/mol. The molecule has 1 heterocycles. The standard InChI is InChI=1S/C26H14F6N6O6S/c27-25(28,29)16-9-17(26(30,31)32)11-19(10-16)45(42,43)44-21-7-6-18(38(40)41)8-15(21)13-34-37-24-35-22(14-4-2-1-3-5-14)20(12-33)23(39)36-24/h1-11,13H,(H2,35,36,37,39). The number of H-pyrrole nitrogens is 1. The third-order valence-corrected chi connectivity index (χ3v) is 6.92. The number of anilines is 1. The molecule has 12 nitrogen and oxygen atoms in total. The number of hydrogen-bond donors (Lipinski definition) is 2. The number of nitro groups is 1. The second kappa shape index (κ2) is 12.1. The highest BCUT2D eigenvalue weighted by molar-refractivity contribution is 7.87. The number of non-ortho nitro benzene ring substituents is 1. The van der Waals surface area contributed by atoms with Crippen LogP contribution in [0.2, 0.25) is 0 Å². The molecule has 0 saturated heterocycles. The molecule has 0 amide bonds. The van der Waals surface area contributed by atoms with E-state index in [0.29, 0.717) is 5.56 Å². The molecule has 0 saturated carbocycles. The van der Waals surface area contributed by atoms with E-state index in [4.69, 9.17) is 4.18 Å². The first kappa shape index (κ1) is 32.2. The van der Waals surface area contributed by atoms with Gasteiger partial charge in [-0.3, -0.25) is 19.9 Å². The van der Waals surface area contributed by atoms with Gasteiger partial charge >= 0.3 is 22.5 Å². The summed E-state index contributed by atoms with van der Waals surface area (Å²) in [6.07, 6.45) is -9.97. The lowest BCUT2D eigenvalue weighted by Gasteiger charge is -2.15. The Morgan fingerprint density at radius 3 is 2.18 bits per heavy atom. The van der Waals surface area contributed by atoms with Crippen molar-refractivity contribution >= 4 is 28.0 Å². The van der Waals surface area contributed by atoms with Crippen LogP contribution >= 0.6 is 0 Å². The molecule has 0 aliphatic carbocycles. The fourth-order valence-electron chi connectivity index (χ4n) is 3.66. The second-order valence-corrected chi connectivity index (χ2v) is 10.3. The molecule has 0 aliphatic rings. The van der Waals surface area contributed by atoms with Crippen molar-refractivity contribution in [3.05, 3.63) is 109 Å². The number of benzene rings is 3. The Labute approximate surface area is 247 Å². The smallest absolute Gasteiger partial charge is 0.378 e. The molecule has 4 aromatic rings. The van der Waals surface area contributed by atoms with Crippen molar-refractivity contribution in [3.63, 3.8) is 0 Å². The zero-order valence-corrected chi connectivity index (χ0v) is 22.7. The number of halogens is 6. The Bertz CT molecular complexity index is 1990. The van der Waals surface area contributed by atoms with Crippen LogP contribution in [0.3, 0.4) is 0 Å². The third kappa shape index (κ3) is 7.42. The molecule has 45 heavy (non-hydrogen) atoms. The third-order valence-electron chi connectivity index (χ3n) is 5.71. The highest BCUT2D eigenvalue weighted by atomic mass is 32.2. The van der Waals surface area contributed by atoms with E-state index in [1.54, 1.807) is 36.4 Å². The molecule has 1 aromatic heterocycles. The minimum atomic E-state index is -5.40. The maximum absolute atomic E-state index is 13.3. The summed E-state index contributed by atoms with van der Waals surface area (Å²) in [5.41, 5.74) is -3.53. The Hall–Kier alpha value is -5.77. The van der Waals surface area contributed by atoms with Crippen LogP contribution < -0.4 is 15.2 Å². The molecule has 3 aromatic carbocycles. The van der Waals surface area contributed by atoms with E-state index in [2.05, 4.69) is 20.5 Å².